The van der Waals surface area contributed by atoms with Gasteiger partial charge in [0.15, 0.2) is 0 Å². The van der Waals surface area contributed by atoms with Gasteiger partial charge in [-0.2, -0.15) is 0 Å². The smallest absolute Gasteiger partial charge is 0.0655 e. The maximum absolute atomic E-state index is 2.50. The van der Waals surface area contributed by atoms with Gasteiger partial charge >= 0.3 is 0 Å². The Morgan fingerprint density at radius 1 is 0.338 bits per heavy atom. The van der Waals surface area contributed by atoms with Crippen LogP contribution in [-0.2, 0) is 5.41 Å². The lowest BCUT2D eigenvalue weighted by Crippen LogP contribution is -2.39. The van der Waals surface area contributed by atoms with E-state index in [1.165, 1.54) is 61.0 Å². The summed E-state index contributed by atoms with van der Waals surface area (Å²) < 4.78 is 2.38. The Balaban J connectivity index is 0.850. The van der Waals surface area contributed by atoms with Gasteiger partial charge in [-0.3, -0.25) is 0 Å². The van der Waals surface area contributed by atoms with E-state index < -0.39 is 0 Å². The van der Waals surface area contributed by atoms with E-state index in [0.717, 1.165) is 50.9 Å². The zero-order chi connectivity index (χ0) is 51.3. The predicted octanol–water partition coefficient (Wildman–Crippen LogP) is 19.6. The molecule has 14 rings (SSSR count). The van der Waals surface area contributed by atoms with Gasteiger partial charge < -0.3 is 19.3 Å². The third-order valence-electron chi connectivity index (χ3n) is 15.8. The summed E-state index contributed by atoms with van der Waals surface area (Å²) in [6, 6.07) is 102. The molecule has 2 aliphatic rings. The average molecular weight is 987 g/mol. The molecule has 2 atom stereocenters. The van der Waals surface area contributed by atoms with Crippen LogP contribution in [0.15, 0.2) is 303 Å². The first kappa shape index (κ1) is 45.7. The highest BCUT2D eigenvalue weighted by molar-refractivity contribution is 6.10. The van der Waals surface area contributed by atoms with E-state index in [9.17, 15) is 0 Å². The third-order valence-corrected chi connectivity index (χ3v) is 15.8. The van der Waals surface area contributed by atoms with Crippen molar-refractivity contribution in [2.24, 2.45) is 0 Å². The molecule has 1 aliphatic heterocycles. The maximum Gasteiger partial charge on any atom is 0.0655 e. The Hall–Kier alpha value is -9.90. The van der Waals surface area contributed by atoms with Crippen molar-refractivity contribution in [2.45, 2.75) is 18.4 Å². The van der Waals surface area contributed by atoms with Crippen LogP contribution in [-0.4, -0.2) is 10.6 Å². The van der Waals surface area contributed by atoms with Crippen LogP contribution in [0.25, 0.3) is 60.9 Å². The van der Waals surface area contributed by atoms with Crippen molar-refractivity contribution in [1.29, 1.82) is 0 Å². The molecule has 0 saturated carbocycles. The van der Waals surface area contributed by atoms with Crippen LogP contribution in [0.2, 0.25) is 0 Å². The zero-order valence-corrected chi connectivity index (χ0v) is 42.7. The molecule has 0 N–H and O–H groups in total. The molecule has 1 aliphatic carbocycles. The molecule has 0 saturated heterocycles. The molecular formula is C73H54N4. The summed E-state index contributed by atoms with van der Waals surface area (Å²) in [5.74, 6) is 0. The number of allylic oxidation sites excluding steroid dienone is 2. The van der Waals surface area contributed by atoms with Gasteiger partial charge in [0.2, 0.25) is 0 Å². The van der Waals surface area contributed by atoms with E-state index in [0.29, 0.717) is 0 Å². The largest absolute Gasteiger partial charge is 0.333 e. The lowest BCUT2D eigenvalue weighted by atomic mass is 9.76. The molecule has 12 aromatic rings. The van der Waals surface area contributed by atoms with E-state index in [2.05, 4.69) is 330 Å². The van der Waals surface area contributed by atoms with E-state index in [4.69, 9.17) is 0 Å². The highest BCUT2D eigenvalue weighted by Crippen LogP contribution is 2.53. The van der Waals surface area contributed by atoms with Crippen LogP contribution < -0.4 is 14.7 Å². The van der Waals surface area contributed by atoms with Crippen molar-refractivity contribution in [3.05, 3.63) is 309 Å². The molecule has 4 heteroatoms. The quantitative estimate of drug-likeness (QED) is 0.128. The van der Waals surface area contributed by atoms with Gasteiger partial charge in [0.25, 0.3) is 0 Å². The number of hydrogen-bond acceptors (Lipinski definition) is 3. The van der Waals surface area contributed by atoms with Gasteiger partial charge in [0.1, 0.15) is 0 Å². The first-order valence-electron chi connectivity index (χ1n) is 26.6. The summed E-state index contributed by atoms with van der Waals surface area (Å²) >= 11 is 0. The first-order valence-corrected chi connectivity index (χ1v) is 26.6. The molecule has 4 nitrogen and oxygen atoms in total. The number of hydrogen-bond donors (Lipinski definition) is 0. The van der Waals surface area contributed by atoms with Gasteiger partial charge in [0.05, 0.1) is 17.1 Å². The average Bonchev–Trinajstić information content (AvgIpc) is 4.18. The van der Waals surface area contributed by atoms with Gasteiger partial charge in [0, 0.05) is 67.4 Å². The monoisotopic (exact) mass is 986 g/mol. The highest BCUT2D eigenvalue weighted by Gasteiger charge is 2.46. The molecule has 2 heterocycles. The normalized spacial score (nSPS) is 15.4. The Bertz CT molecular complexity index is 4160. The van der Waals surface area contributed by atoms with Gasteiger partial charge in [-0.15, -0.1) is 0 Å². The van der Waals surface area contributed by atoms with Crippen LogP contribution in [0.4, 0.5) is 45.5 Å². The zero-order valence-electron chi connectivity index (χ0n) is 42.7. The Morgan fingerprint density at radius 2 is 0.792 bits per heavy atom. The fraction of sp³-hybridized carbons (Fsp3) is 0.0411. The standard InChI is InChI=1S/C73H54N4/c1-73-47-17-16-34-72(73)77(59-28-12-5-13-29-59)71-46-44-65(51-68(71)73)75(63-31-19-25-57(49-63)53-22-8-3-9-23-53)61-41-37-55(38-42-61)54-35-39-60(40-36-54)74(62-30-18-24-56(48-62)52-20-6-2-7-21-52)64-43-45-70-67(50-64)66-32-14-15-33-69(66)76(70)58-26-10-4-11-27-58/h2-51,72H,1H3. The van der Waals surface area contributed by atoms with Gasteiger partial charge in [-0.25, -0.2) is 0 Å². The van der Waals surface area contributed by atoms with Crippen LogP contribution >= 0.6 is 0 Å². The van der Waals surface area contributed by atoms with Crippen molar-refractivity contribution >= 4 is 67.3 Å². The molecule has 0 bridgehead atoms. The molecule has 0 amide bonds. The number of rotatable bonds is 11. The number of fused-ring (bicyclic) bond motifs is 6. The molecule has 77 heavy (non-hydrogen) atoms. The summed E-state index contributed by atoms with van der Waals surface area (Å²) in [7, 11) is 0. The molecule has 0 fully saturated rings. The number of benzene rings is 11. The number of para-hydroxylation sites is 3. The molecular weight excluding hydrogens is 933 g/mol. The van der Waals surface area contributed by atoms with Crippen molar-refractivity contribution in [3.63, 3.8) is 0 Å². The second-order valence-electron chi connectivity index (χ2n) is 20.4. The summed E-state index contributed by atoms with van der Waals surface area (Å²) in [6.07, 6.45) is 9.14. The van der Waals surface area contributed by atoms with Gasteiger partial charge in [-0.05, 0) is 161 Å². The number of aromatic nitrogens is 1. The Labute approximate surface area is 450 Å². The summed E-state index contributed by atoms with van der Waals surface area (Å²) in [4.78, 5) is 7.32. The molecule has 11 aromatic carbocycles. The lowest BCUT2D eigenvalue weighted by Gasteiger charge is -2.34. The predicted molar refractivity (Wildman–Crippen MR) is 324 cm³/mol. The summed E-state index contributed by atoms with van der Waals surface area (Å²) in [6.45, 7) is 2.38. The minimum atomic E-state index is -0.223. The number of nitrogens with zero attached hydrogens (tertiary/aromatic N) is 4. The van der Waals surface area contributed by atoms with Crippen molar-refractivity contribution in [3.8, 4) is 39.1 Å². The van der Waals surface area contributed by atoms with Crippen LogP contribution in [0.1, 0.15) is 12.5 Å². The molecule has 0 spiro atoms. The fourth-order valence-electron chi connectivity index (χ4n) is 12.0. The maximum atomic E-state index is 2.50. The molecule has 2 unspecified atom stereocenters. The van der Waals surface area contributed by atoms with Crippen LogP contribution in [0, 0.1) is 0 Å². The molecule has 0 radical (unpaired) electrons. The first-order chi connectivity index (χ1) is 38.1. The second-order valence-corrected chi connectivity index (χ2v) is 20.4. The van der Waals surface area contributed by atoms with Crippen molar-refractivity contribution < 1.29 is 0 Å². The van der Waals surface area contributed by atoms with E-state index >= 15 is 0 Å². The molecule has 366 valence electrons. The Kier molecular flexibility index (Phi) is 11.3. The highest BCUT2D eigenvalue weighted by atomic mass is 15.2. The van der Waals surface area contributed by atoms with Crippen molar-refractivity contribution in [1.82, 2.24) is 4.57 Å². The second kappa shape index (κ2) is 19.1. The number of anilines is 8. The fourth-order valence-corrected chi connectivity index (χ4v) is 12.0. The minimum Gasteiger partial charge on any atom is -0.333 e. The lowest BCUT2D eigenvalue weighted by molar-refractivity contribution is 0.551. The van der Waals surface area contributed by atoms with Crippen LogP contribution in [0.3, 0.4) is 0 Å². The topological polar surface area (TPSA) is 14.7 Å². The summed E-state index contributed by atoms with van der Waals surface area (Å²) in [5.41, 5.74) is 20.6. The third kappa shape index (κ3) is 8.10. The van der Waals surface area contributed by atoms with E-state index in [1.807, 2.05) is 0 Å². The van der Waals surface area contributed by atoms with E-state index in [1.54, 1.807) is 0 Å². The minimum absolute atomic E-state index is 0.156. The summed E-state index contributed by atoms with van der Waals surface area (Å²) in [5, 5.41) is 2.43. The van der Waals surface area contributed by atoms with Gasteiger partial charge in [-0.1, -0.05) is 188 Å². The Morgan fingerprint density at radius 3 is 1.39 bits per heavy atom. The van der Waals surface area contributed by atoms with Crippen LogP contribution in [0.5, 0.6) is 0 Å². The molecule has 1 aromatic heterocycles. The van der Waals surface area contributed by atoms with E-state index in [-0.39, 0.29) is 11.5 Å². The SMILES string of the molecule is CC12C=CC=CC1N(c1ccccc1)c1ccc(N(c3ccc(-c4ccc(N(c5cccc(-c6ccccc6)c5)c5ccc6c(c5)c5ccccc5n6-c5ccccc5)cc4)cc3)c3cccc(-c4ccccc4)c3)cc12. The van der Waals surface area contributed by atoms with Crippen molar-refractivity contribution in [2.75, 3.05) is 14.7 Å².